The van der Waals surface area contributed by atoms with Gasteiger partial charge in [0.05, 0.1) is 26.4 Å². The van der Waals surface area contributed by atoms with Gasteiger partial charge in [0.1, 0.15) is 19.3 Å². The molecule has 105 heavy (non-hydrogen) atoms. The molecule has 0 aliphatic heterocycles. The predicted octanol–water partition coefficient (Wildman–Crippen LogP) is 26.2. The number of hydrogen-bond donors (Lipinski definition) is 3. The van der Waals surface area contributed by atoms with Crippen molar-refractivity contribution in [1.82, 2.24) is 0 Å². The van der Waals surface area contributed by atoms with E-state index < -0.39 is 97.5 Å². The average Bonchev–Trinajstić information content (AvgIpc) is 0.910. The van der Waals surface area contributed by atoms with Crippen LogP contribution in [0.4, 0.5) is 0 Å². The monoisotopic (exact) mass is 1540 g/mol. The van der Waals surface area contributed by atoms with Crippen molar-refractivity contribution < 1.29 is 80.2 Å². The summed E-state index contributed by atoms with van der Waals surface area (Å²) in [6, 6.07) is 0. The fourth-order valence-electron chi connectivity index (χ4n) is 13.4. The molecule has 0 radical (unpaired) electrons. The molecule has 0 saturated carbocycles. The first kappa shape index (κ1) is 103. The molecule has 0 aromatic carbocycles. The van der Waals surface area contributed by atoms with E-state index in [0.29, 0.717) is 25.7 Å². The third-order valence-corrected chi connectivity index (χ3v) is 22.5. The van der Waals surface area contributed by atoms with Crippen molar-refractivity contribution in [1.29, 1.82) is 0 Å². The molecule has 6 atom stereocenters. The SMILES string of the molecule is CCCCCCCCCCCCCCCCCCCCC(=O)O[C@H](COC(=O)CCCCCCCCCCCC)COP(=O)(O)OC[C@H](O)COP(=O)(O)OC[C@@H](COC(=O)CCCCCCCCCCCCCCCCC(C)CC)OC(=O)CCCCCCCCCCCCCCCCCCC(C)C. The molecule has 0 saturated heterocycles. The maximum atomic E-state index is 13.1. The Morgan fingerprint density at radius 3 is 0.724 bits per heavy atom. The molecule has 0 aliphatic carbocycles. The first-order valence-electron chi connectivity index (χ1n) is 44.5. The Morgan fingerprint density at radius 2 is 0.486 bits per heavy atom. The Hall–Kier alpha value is -1.94. The number of carbonyl (C=O) groups excluding carboxylic acids is 4. The number of phosphoric acid groups is 2. The highest BCUT2D eigenvalue weighted by Gasteiger charge is 2.30. The zero-order chi connectivity index (χ0) is 77.1. The maximum absolute atomic E-state index is 13.1. The zero-order valence-electron chi connectivity index (χ0n) is 69.0. The fourth-order valence-corrected chi connectivity index (χ4v) is 15.0. The molecule has 3 N–H and O–H groups in total. The van der Waals surface area contributed by atoms with E-state index in [-0.39, 0.29) is 25.7 Å². The van der Waals surface area contributed by atoms with E-state index in [9.17, 15) is 43.2 Å². The van der Waals surface area contributed by atoms with Gasteiger partial charge in [0.2, 0.25) is 0 Å². The highest BCUT2D eigenvalue weighted by molar-refractivity contribution is 7.47. The van der Waals surface area contributed by atoms with Crippen LogP contribution >= 0.6 is 15.6 Å². The van der Waals surface area contributed by atoms with Crippen molar-refractivity contribution in [3.05, 3.63) is 0 Å². The molecule has 17 nitrogen and oxygen atoms in total. The molecule has 0 aliphatic rings. The van der Waals surface area contributed by atoms with Crippen LogP contribution in [-0.4, -0.2) is 96.7 Å². The van der Waals surface area contributed by atoms with Gasteiger partial charge < -0.3 is 33.8 Å². The van der Waals surface area contributed by atoms with Crippen LogP contribution in [-0.2, 0) is 65.4 Å². The minimum absolute atomic E-state index is 0.109. The van der Waals surface area contributed by atoms with E-state index in [1.807, 2.05) is 0 Å². The number of hydrogen-bond acceptors (Lipinski definition) is 15. The molecule has 0 spiro atoms. The summed E-state index contributed by atoms with van der Waals surface area (Å²) in [5, 5.41) is 10.7. The predicted molar refractivity (Wildman–Crippen MR) is 432 cm³/mol. The summed E-state index contributed by atoms with van der Waals surface area (Å²) < 4.78 is 68.9. The van der Waals surface area contributed by atoms with Crippen LogP contribution in [0.5, 0.6) is 0 Å². The topological polar surface area (TPSA) is 237 Å². The third-order valence-electron chi connectivity index (χ3n) is 20.6. The largest absolute Gasteiger partial charge is 0.472 e. The Balaban J connectivity index is 5.23. The highest BCUT2D eigenvalue weighted by Crippen LogP contribution is 2.45. The van der Waals surface area contributed by atoms with Crippen LogP contribution in [0.25, 0.3) is 0 Å². The van der Waals surface area contributed by atoms with E-state index in [1.54, 1.807) is 0 Å². The summed E-state index contributed by atoms with van der Waals surface area (Å²) in [5.74, 6) is -0.442. The summed E-state index contributed by atoms with van der Waals surface area (Å²) in [6.07, 6.45) is 69.3. The van der Waals surface area contributed by atoms with Crippen LogP contribution in [0.1, 0.15) is 459 Å². The minimum atomic E-state index is -4.97. The van der Waals surface area contributed by atoms with Crippen LogP contribution in [0, 0.1) is 11.8 Å². The molecular formula is C86H168O17P2. The molecule has 624 valence electrons. The zero-order valence-corrected chi connectivity index (χ0v) is 70.8. The minimum Gasteiger partial charge on any atom is -0.462 e. The lowest BCUT2D eigenvalue weighted by atomic mass is 9.99. The first-order valence-corrected chi connectivity index (χ1v) is 47.5. The Bertz CT molecular complexity index is 2010. The normalized spacial score (nSPS) is 14.1. The number of unbranched alkanes of at least 4 members (excludes halogenated alkanes) is 54. The van der Waals surface area contributed by atoms with Crippen molar-refractivity contribution >= 4 is 39.5 Å². The van der Waals surface area contributed by atoms with Gasteiger partial charge in [0.25, 0.3) is 0 Å². The van der Waals surface area contributed by atoms with Crippen LogP contribution in [0.15, 0.2) is 0 Å². The van der Waals surface area contributed by atoms with Gasteiger partial charge in [-0.25, -0.2) is 9.13 Å². The standard InChI is InChI=1S/C86H168O17P2/c1-7-10-12-14-16-18-20-21-22-23-24-28-35-40-46-52-58-64-70-85(90)102-81(74-96-83(88)68-62-56-50-44-19-17-15-13-11-8-2)76-100-104(92,93)98-72-80(87)73-99-105(94,95)101-77-82(75-97-84(89)69-63-57-51-45-39-34-31-30-33-38-43-49-55-61-67-79(6)9-3)103-86(91)71-65-59-53-47-41-36-29-26-25-27-32-37-42-48-54-60-66-78(4)5/h78-82,87H,7-77H2,1-6H3,(H,92,93)(H,94,95)/t79?,80-,81+,82+/m0/s1. The summed E-state index contributed by atoms with van der Waals surface area (Å²) in [4.78, 5) is 73.2. The van der Waals surface area contributed by atoms with E-state index in [2.05, 4.69) is 41.5 Å². The molecule has 3 unspecified atom stereocenters. The molecular weight excluding hydrogens is 1370 g/mol. The lowest BCUT2D eigenvalue weighted by molar-refractivity contribution is -0.161. The van der Waals surface area contributed by atoms with Crippen LogP contribution < -0.4 is 0 Å². The molecule has 19 heteroatoms. The first-order chi connectivity index (χ1) is 50.9. The summed E-state index contributed by atoms with van der Waals surface area (Å²) >= 11 is 0. The molecule has 0 aromatic rings. The summed E-state index contributed by atoms with van der Waals surface area (Å²) in [6.45, 7) is 9.75. The smallest absolute Gasteiger partial charge is 0.462 e. The Labute approximate surface area is 645 Å². The van der Waals surface area contributed by atoms with Crippen molar-refractivity contribution in [2.45, 2.75) is 477 Å². The second-order valence-electron chi connectivity index (χ2n) is 31.6. The number of aliphatic hydroxyl groups is 1. The average molecular weight is 1540 g/mol. The molecule has 0 rings (SSSR count). The van der Waals surface area contributed by atoms with Gasteiger partial charge in [-0.3, -0.25) is 37.3 Å². The molecule has 0 fully saturated rings. The van der Waals surface area contributed by atoms with Crippen LogP contribution in [0.3, 0.4) is 0 Å². The molecule has 0 aromatic heterocycles. The van der Waals surface area contributed by atoms with Gasteiger partial charge in [0.15, 0.2) is 12.2 Å². The number of aliphatic hydroxyl groups excluding tert-OH is 1. The maximum Gasteiger partial charge on any atom is 0.472 e. The van der Waals surface area contributed by atoms with Gasteiger partial charge in [-0.15, -0.1) is 0 Å². The number of carbonyl (C=O) groups is 4. The summed E-state index contributed by atoms with van der Waals surface area (Å²) in [7, 11) is -9.93. The number of rotatable bonds is 85. The van der Waals surface area contributed by atoms with E-state index in [4.69, 9.17) is 37.0 Å². The van der Waals surface area contributed by atoms with E-state index in [0.717, 1.165) is 102 Å². The van der Waals surface area contributed by atoms with Gasteiger partial charge >= 0.3 is 39.5 Å². The second-order valence-corrected chi connectivity index (χ2v) is 34.6. The Morgan fingerprint density at radius 1 is 0.276 bits per heavy atom. The van der Waals surface area contributed by atoms with Gasteiger partial charge in [-0.1, -0.05) is 408 Å². The van der Waals surface area contributed by atoms with Crippen molar-refractivity contribution in [2.75, 3.05) is 39.6 Å². The highest BCUT2D eigenvalue weighted by atomic mass is 31.2. The summed E-state index contributed by atoms with van der Waals surface area (Å²) in [5.41, 5.74) is 0. The quantitative estimate of drug-likeness (QED) is 0.0222. The third kappa shape index (κ3) is 78.5. The van der Waals surface area contributed by atoms with Crippen molar-refractivity contribution in [3.8, 4) is 0 Å². The van der Waals surface area contributed by atoms with E-state index >= 15 is 0 Å². The van der Waals surface area contributed by atoms with Crippen molar-refractivity contribution in [2.24, 2.45) is 11.8 Å². The van der Waals surface area contributed by atoms with Gasteiger partial charge in [-0.2, -0.15) is 0 Å². The molecule has 0 heterocycles. The Kier molecular flexibility index (Phi) is 76.0. The van der Waals surface area contributed by atoms with Gasteiger partial charge in [0, 0.05) is 25.7 Å². The fraction of sp³-hybridized carbons (Fsp3) is 0.953. The van der Waals surface area contributed by atoms with E-state index in [1.165, 1.54) is 276 Å². The number of phosphoric ester groups is 2. The number of esters is 4. The van der Waals surface area contributed by atoms with Crippen LogP contribution in [0.2, 0.25) is 0 Å². The number of ether oxygens (including phenoxy) is 4. The lowest BCUT2D eigenvalue weighted by Crippen LogP contribution is -2.30. The van der Waals surface area contributed by atoms with Crippen molar-refractivity contribution in [3.63, 3.8) is 0 Å². The lowest BCUT2D eigenvalue weighted by Gasteiger charge is -2.21. The van der Waals surface area contributed by atoms with Gasteiger partial charge in [-0.05, 0) is 37.5 Å². The molecule has 0 bridgehead atoms. The second kappa shape index (κ2) is 77.4. The molecule has 0 amide bonds.